The summed E-state index contributed by atoms with van der Waals surface area (Å²) in [5, 5.41) is 0. The minimum atomic E-state index is 0.438. The van der Waals surface area contributed by atoms with E-state index in [0.717, 1.165) is 0 Å². The third-order valence-electron chi connectivity index (χ3n) is 3.62. The summed E-state index contributed by atoms with van der Waals surface area (Å²) in [6.07, 6.45) is 6.92. The minimum absolute atomic E-state index is 0.438. The molecule has 0 aliphatic rings. The van der Waals surface area contributed by atoms with Gasteiger partial charge in [-0.3, -0.25) is 4.98 Å². The number of pyridine rings is 1. The number of nitrogens with zero attached hydrogens (tertiary/aromatic N) is 1. The van der Waals surface area contributed by atoms with E-state index in [9.17, 15) is 0 Å². The van der Waals surface area contributed by atoms with E-state index in [-0.39, 0.29) is 0 Å². The average molecular weight is 253 g/mol. The molecule has 2 aromatic rings. The van der Waals surface area contributed by atoms with Crippen LogP contribution in [-0.2, 0) is 0 Å². The lowest BCUT2D eigenvalue weighted by molar-refractivity contribution is 0.609. The highest BCUT2D eigenvalue weighted by Gasteiger charge is 2.14. The second kappa shape index (κ2) is 7.08. The van der Waals surface area contributed by atoms with Crippen molar-refractivity contribution in [2.24, 2.45) is 0 Å². The molecule has 1 aromatic carbocycles. The van der Waals surface area contributed by atoms with Gasteiger partial charge in [0.05, 0.1) is 0 Å². The van der Waals surface area contributed by atoms with Gasteiger partial charge in [0, 0.05) is 17.8 Å². The van der Waals surface area contributed by atoms with Gasteiger partial charge in [-0.25, -0.2) is 0 Å². The summed E-state index contributed by atoms with van der Waals surface area (Å²) in [6, 6.07) is 15.1. The normalized spacial score (nSPS) is 12.3. The molecule has 1 nitrogen and oxygen atoms in total. The zero-order valence-corrected chi connectivity index (χ0v) is 12.0. The fraction of sp³-hybridized carbons (Fsp3) is 0.389. The summed E-state index contributed by atoms with van der Waals surface area (Å²) >= 11 is 0. The Morgan fingerprint density at radius 2 is 1.79 bits per heavy atom. The molecular formula is C18H23N. The molecule has 0 aliphatic carbocycles. The highest BCUT2D eigenvalue weighted by molar-refractivity contribution is 5.30. The molecule has 2 rings (SSSR count). The fourth-order valence-corrected chi connectivity index (χ4v) is 2.46. The van der Waals surface area contributed by atoms with Crippen LogP contribution in [0.3, 0.4) is 0 Å². The van der Waals surface area contributed by atoms with E-state index in [4.69, 9.17) is 0 Å². The first-order valence-electron chi connectivity index (χ1n) is 7.28. The lowest BCUT2D eigenvalue weighted by Gasteiger charge is -2.17. The Kier molecular flexibility index (Phi) is 5.14. The number of rotatable bonds is 6. The van der Waals surface area contributed by atoms with Gasteiger partial charge >= 0.3 is 0 Å². The van der Waals surface area contributed by atoms with Gasteiger partial charge in [-0.05, 0) is 31.0 Å². The van der Waals surface area contributed by atoms with Crippen LogP contribution in [0.15, 0.2) is 48.7 Å². The third-order valence-corrected chi connectivity index (χ3v) is 3.62. The predicted octanol–water partition coefficient (Wildman–Crippen LogP) is 5.10. The molecule has 0 saturated carbocycles. The highest BCUT2D eigenvalue weighted by atomic mass is 14.7. The van der Waals surface area contributed by atoms with Crippen molar-refractivity contribution in [2.75, 3.05) is 0 Å². The van der Waals surface area contributed by atoms with E-state index < -0.39 is 0 Å². The zero-order valence-electron chi connectivity index (χ0n) is 12.0. The zero-order chi connectivity index (χ0) is 13.5. The van der Waals surface area contributed by atoms with Gasteiger partial charge in [0.2, 0.25) is 0 Å². The van der Waals surface area contributed by atoms with Gasteiger partial charge in [-0.2, -0.15) is 0 Å². The Labute approximate surface area is 116 Å². The Morgan fingerprint density at radius 1 is 1.00 bits per heavy atom. The molecule has 0 radical (unpaired) electrons. The van der Waals surface area contributed by atoms with Crippen molar-refractivity contribution >= 4 is 0 Å². The van der Waals surface area contributed by atoms with Gasteiger partial charge in [-0.15, -0.1) is 0 Å². The van der Waals surface area contributed by atoms with Crippen LogP contribution in [-0.4, -0.2) is 4.98 Å². The van der Waals surface area contributed by atoms with Crippen LogP contribution in [0.1, 0.15) is 55.3 Å². The summed E-state index contributed by atoms with van der Waals surface area (Å²) in [5.41, 5.74) is 3.90. The standard InChI is InChI=1S/C18H23N/c1-3-4-5-8-17(18-9-6-7-14-19-18)16-12-10-15(2)11-13-16/h6-7,9-14,17H,3-5,8H2,1-2H3. The maximum absolute atomic E-state index is 4.56. The van der Waals surface area contributed by atoms with Crippen molar-refractivity contribution in [2.45, 2.75) is 45.4 Å². The van der Waals surface area contributed by atoms with Gasteiger partial charge in [0.25, 0.3) is 0 Å². The van der Waals surface area contributed by atoms with E-state index >= 15 is 0 Å². The van der Waals surface area contributed by atoms with Crippen LogP contribution >= 0.6 is 0 Å². The van der Waals surface area contributed by atoms with Crippen LogP contribution in [0.4, 0.5) is 0 Å². The molecule has 0 saturated heterocycles. The molecule has 1 aromatic heterocycles. The smallest absolute Gasteiger partial charge is 0.0478 e. The molecule has 19 heavy (non-hydrogen) atoms. The highest BCUT2D eigenvalue weighted by Crippen LogP contribution is 2.28. The maximum Gasteiger partial charge on any atom is 0.0478 e. The molecule has 0 amide bonds. The SMILES string of the molecule is CCCCCC(c1ccc(C)cc1)c1ccccn1. The van der Waals surface area contributed by atoms with Crippen molar-refractivity contribution in [1.29, 1.82) is 0 Å². The van der Waals surface area contributed by atoms with Crippen LogP contribution in [0.5, 0.6) is 0 Å². The van der Waals surface area contributed by atoms with Crippen LogP contribution in [0.2, 0.25) is 0 Å². The average Bonchev–Trinajstić information content (AvgIpc) is 2.46. The minimum Gasteiger partial charge on any atom is -0.261 e. The first-order chi connectivity index (χ1) is 9.31. The van der Waals surface area contributed by atoms with Crippen molar-refractivity contribution in [3.05, 3.63) is 65.5 Å². The van der Waals surface area contributed by atoms with Crippen molar-refractivity contribution in [3.8, 4) is 0 Å². The fourth-order valence-electron chi connectivity index (χ4n) is 2.46. The van der Waals surface area contributed by atoms with Crippen molar-refractivity contribution < 1.29 is 0 Å². The number of unbranched alkanes of at least 4 members (excludes halogenated alkanes) is 2. The summed E-state index contributed by atoms with van der Waals surface area (Å²) in [5.74, 6) is 0.438. The molecular weight excluding hydrogens is 230 g/mol. The first kappa shape index (κ1) is 13.8. The number of hydrogen-bond acceptors (Lipinski definition) is 1. The Hall–Kier alpha value is -1.63. The summed E-state index contributed by atoms with van der Waals surface area (Å²) in [7, 11) is 0. The van der Waals surface area contributed by atoms with Gasteiger partial charge in [-0.1, -0.05) is 62.1 Å². The molecule has 1 heterocycles. The molecule has 1 heteroatoms. The van der Waals surface area contributed by atoms with E-state index in [1.165, 1.54) is 42.5 Å². The first-order valence-corrected chi connectivity index (χ1v) is 7.28. The third kappa shape index (κ3) is 3.92. The summed E-state index contributed by atoms with van der Waals surface area (Å²) in [4.78, 5) is 4.56. The number of aromatic nitrogens is 1. The van der Waals surface area contributed by atoms with Gasteiger partial charge < -0.3 is 0 Å². The number of benzene rings is 1. The van der Waals surface area contributed by atoms with E-state index in [1.54, 1.807) is 0 Å². The van der Waals surface area contributed by atoms with Crippen LogP contribution in [0, 0.1) is 6.92 Å². The van der Waals surface area contributed by atoms with E-state index in [1.807, 2.05) is 12.3 Å². The van der Waals surface area contributed by atoms with Crippen molar-refractivity contribution in [1.82, 2.24) is 4.98 Å². The molecule has 0 aliphatic heterocycles. The second-order valence-corrected chi connectivity index (χ2v) is 5.21. The molecule has 0 spiro atoms. The van der Waals surface area contributed by atoms with E-state index in [0.29, 0.717) is 5.92 Å². The Bertz CT molecular complexity index is 473. The Morgan fingerprint density at radius 3 is 2.42 bits per heavy atom. The number of hydrogen-bond donors (Lipinski definition) is 0. The molecule has 1 unspecified atom stereocenters. The summed E-state index contributed by atoms with van der Waals surface area (Å²) in [6.45, 7) is 4.39. The summed E-state index contributed by atoms with van der Waals surface area (Å²) < 4.78 is 0. The quantitative estimate of drug-likeness (QED) is 0.652. The molecule has 1 atom stereocenters. The lowest BCUT2D eigenvalue weighted by atomic mass is 9.89. The Balaban J connectivity index is 2.21. The number of aryl methyl sites for hydroxylation is 1. The molecule has 0 N–H and O–H groups in total. The van der Waals surface area contributed by atoms with Crippen LogP contribution in [0.25, 0.3) is 0 Å². The molecule has 100 valence electrons. The van der Waals surface area contributed by atoms with E-state index in [2.05, 4.69) is 55.2 Å². The molecule has 0 fully saturated rings. The largest absolute Gasteiger partial charge is 0.261 e. The van der Waals surface area contributed by atoms with Crippen LogP contribution < -0.4 is 0 Å². The maximum atomic E-state index is 4.56. The molecule has 0 bridgehead atoms. The van der Waals surface area contributed by atoms with Crippen molar-refractivity contribution in [3.63, 3.8) is 0 Å². The van der Waals surface area contributed by atoms with Gasteiger partial charge in [0.15, 0.2) is 0 Å². The topological polar surface area (TPSA) is 12.9 Å². The lowest BCUT2D eigenvalue weighted by Crippen LogP contribution is -2.03. The predicted molar refractivity (Wildman–Crippen MR) is 81.4 cm³/mol. The second-order valence-electron chi connectivity index (χ2n) is 5.21. The monoisotopic (exact) mass is 253 g/mol. The van der Waals surface area contributed by atoms with Gasteiger partial charge in [0.1, 0.15) is 0 Å².